The number of Topliss-reactive ketones (excluding diaryl/α,β-unsaturated/α-hetero) is 1. The number of nitrogens with zero attached hydrogens (tertiary/aromatic N) is 1. The molecule has 9 heteroatoms. The summed E-state index contributed by atoms with van der Waals surface area (Å²) in [6.07, 6.45) is 18.2. The first-order valence-electron chi connectivity index (χ1n) is 18.0. The number of aliphatic hydroxyl groups is 3. The molecule has 47 heavy (non-hydrogen) atoms. The molecule has 5 rings (SSSR count). The normalized spacial score (nSPS) is 36.1. The fourth-order valence-corrected chi connectivity index (χ4v) is 9.44. The van der Waals surface area contributed by atoms with Gasteiger partial charge in [0.1, 0.15) is 17.4 Å². The van der Waals surface area contributed by atoms with Gasteiger partial charge in [-0.2, -0.15) is 0 Å². The third-order valence-corrected chi connectivity index (χ3v) is 12.1. The van der Waals surface area contributed by atoms with Crippen LogP contribution in [0.15, 0.2) is 40.6 Å². The fraction of sp³-hybridized carbons (Fsp3) is 0.737. The Kier molecular flexibility index (Phi) is 10.4. The average Bonchev–Trinajstić information content (AvgIpc) is 3.42. The van der Waals surface area contributed by atoms with E-state index in [1.165, 1.54) is 57.2 Å². The van der Waals surface area contributed by atoms with Crippen molar-refractivity contribution in [2.24, 2.45) is 34.1 Å². The summed E-state index contributed by atoms with van der Waals surface area (Å²) in [6.45, 7) is 9.06. The van der Waals surface area contributed by atoms with Crippen LogP contribution in [0, 0.1) is 29.1 Å². The predicted molar refractivity (Wildman–Crippen MR) is 178 cm³/mol. The minimum atomic E-state index is -1.96. The second-order valence-electron chi connectivity index (χ2n) is 15.4. The number of ketones is 1. The minimum Gasteiger partial charge on any atom is -0.454 e. The van der Waals surface area contributed by atoms with Gasteiger partial charge in [-0.05, 0) is 30.6 Å². The first-order chi connectivity index (χ1) is 22.3. The molecule has 0 aromatic heterocycles. The van der Waals surface area contributed by atoms with Gasteiger partial charge in [0, 0.05) is 48.1 Å². The topological polar surface area (TPSA) is 143 Å². The molecule has 0 radical (unpaired) electrons. The molecular weight excluding hydrogens is 598 g/mol. The summed E-state index contributed by atoms with van der Waals surface area (Å²) in [4.78, 5) is 44.2. The highest BCUT2D eigenvalue weighted by molar-refractivity contribution is 6.43. The number of esters is 2. The number of carbonyl (C=O) groups is 3. The van der Waals surface area contributed by atoms with Crippen LogP contribution >= 0.6 is 0 Å². The van der Waals surface area contributed by atoms with E-state index in [9.17, 15) is 29.7 Å². The van der Waals surface area contributed by atoms with Crippen LogP contribution in [-0.2, 0) is 23.9 Å². The summed E-state index contributed by atoms with van der Waals surface area (Å²) >= 11 is 0. The van der Waals surface area contributed by atoms with E-state index in [1.807, 2.05) is 13.8 Å². The molecule has 2 saturated carbocycles. The largest absolute Gasteiger partial charge is 0.454 e. The Morgan fingerprint density at radius 1 is 0.979 bits per heavy atom. The number of unbranched alkanes of at least 4 members (excludes halogenated alkanes) is 10. The lowest BCUT2D eigenvalue weighted by molar-refractivity contribution is -0.226. The van der Waals surface area contributed by atoms with Crippen LogP contribution in [0.5, 0.6) is 0 Å². The Morgan fingerprint density at radius 3 is 2.13 bits per heavy atom. The van der Waals surface area contributed by atoms with Crippen molar-refractivity contribution in [3.63, 3.8) is 0 Å². The SMILES string of the molecule is CCCCCCCCCCCCCC(=O)O[C@@]12[C@H](OC(=O)C3=NC=C3)[C@@H](C)[C@@]3(O)[C@@H](C=C(CO)C[C@]4(O)C(=O)C(C)=C[C@@H]34)[C@@H]1C2(C)C. The van der Waals surface area contributed by atoms with Gasteiger partial charge in [-0.3, -0.25) is 9.59 Å². The van der Waals surface area contributed by atoms with Crippen LogP contribution in [0.1, 0.15) is 118 Å². The van der Waals surface area contributed by atoms with Gasteiger partial charge < -0.3 is 24.8 Å². The Labute approximate surface area is 279 Å². The highest BCUT2D eigenvalue weighted by atomic mass is 16.6. The molecular formula is C38H55NO8. The molecule has 260 valence electrons. The van der Waals surface area contributed by atoms with Gasteiger partial charge >= 0.3 is 11.9 Å². The van der Waals surface area contributed by atoms with Crippen molar-refractivity contribution < 1.29 is 39.2 Å². The zero-order valence-corrected chi connectivity index (χ0v) is 28.9. The van der Waals surface area contributed by atoms with Gasteiger partial charge in [-0.1, -0.05) is 104 Å². The summed E-state index contributed by atoms with van der Waals surface area (Å²) in [5.74, 6) is -4.65. The molecule has 8 atom stereocenters. The molecule has 5 aliphatic rings. The summed E-state index contributed by atoms with van der Waals surface area (Å²) in [6, 6.07) is 0. The van der Waals surface area contributed by atoms with Crippen LogP contribution in [0.3, 0.4) is 0 Å². The van der Waals surface area contributed by atoms with Gasteiger partial charge in [-0.15, -0.1) is 0 Å². The molecule has 3 N–H and O–H groups in total. The maximum atomic E-state index is 13.6. The van der Waals surface area contributed by atoms with E-state index in [4.69, 9.17) is 9.47 Å². The molecule has 0 amide bonds. The molecule has 0 bridgehead atoms. The lowest BCUT2D eigenvalue weighted by atomic mass is 9.59. The summed E-state index contributed by atoms with van der Waals surface area (Å²) in [5.41, 5.74) is -4.81. The summed E-state index contributed by atoms with van der Waals surface area (Å²) < 4.78 is 12.6. The molecule has 0 unspecified atom stereocenters. The highest BCUT2D eigenvalue weighted by Crippen LogP contribution is 2.77. The summed E-state index contributed by atoms with van der Waals surface area (Å²) in [5, 5.41) is 35.1. The van der Waals surface area contributed by atoms with E-state index in [0.717, 1.165) is 19.3 Å². The molecule has 4 aliphatic carbocycles. The number of aliphatic hydroxyl groups excluding tert-OH is 1. The van der Waals surface area contributed by atoms with E-state index >= 15 is 0 Å². The minimum absolute atomic E-state index is 0.128. The smallest absolute Gasteiger partial charge is 0.357 e. The lowest BCUT2D eigenvalue weighted by Crippen LogP contribution is -2.66. The molecule has 0 spiro atoms. The molecule has 2 fully saturated rings. The zero-order valence-electron chi connectivity index (χ0n) is 28.9. The maximum Gasteiger partial charge on any atom is 0.357 e. The van der Waals surface area contributed by atoms with E-state index in [0.29, 0.717) is 17.6 Å². The fourth-order valence-electron chi connectivity index (χ4n) is 9.44. The average molecular weight is 654 g/mol. The molecule has 0 saturated heterocycles. The van der Waals surface area contributed by atoms with Crippen molar-refractivity contribution in [2.75, 3.05) is 6.61 Å². The van der Waals surface area contributed by atoms with E-state index in [2.05, 4.69) is 11.9 Å². The van der Waals surface area contributed by atoms with Crippen molar-refractivity contribution in [3.8, 4) is 0 Å². The van der Waals surface area contributed by atoms with Crippen LogP contribution in [-0.4, -0.2) is 68.3 Å². The Balaban J connectivity index is 1.35. The van der Waals surface area contributed by atoms with Crippen molar-refractivity contribution in [3.05, 3.63) is 35.6 Å². The van der Waals surface area contributed by atoms with E-state index < -0.39 is 70.4 Å². The second-order valence-corrected chi connectivity index (χ2v) is 15.4. The first-order valence-corrected chi connectivity index (χ1v) is 18.0. The number of rotatable bonds is 16. The number of aliphatic imine (C=N–C) groups is 1. The Hall–Kier alpha value is -2.62. The van der Waals surface area contributed by atoms with Crippen LogP contribution in [0.25, 0.3) is 0 Å². The van der Waals surface area contributed by atoms with Crippen molar-refractivity contribution in [1.82, 2.24) is 0 Å². The quantitative estimate of drug-likeness (QED) is 0.109. The van der Waals surface area contributed by atoms with Gasteiger partial charge in [0.15, 0.2) is 11.4 Å². The van der Waals surface area contributed by atoms with Crippen LogP contribution in [0.2, 0.25) is 0 Å². The number of hydrogen-bond acceptors (Lipinski definition) is 9. The molecule has 1 aliphatic heterocycles. The second kappa shape index (κ2) is 13.7. The van der Waals surface area contributed by atoms with Crippen molar-refractivity contribution in [2.45, 2.75) is 141 Å². The number of carbonyl (C=O) groups excluding carboxylic acids is 3. The van der Waals surface area contributed by atoms with Gasteiger partial charge in [0.05, 0.1) is 12.2 Å². The van der Waals surface area contributed by atoms with Gasteiger partial charge in [-0.25, -0.2) is 9.79 Å². The van der Waals surface area contributed by atoms with E-state index in [1.54, 1.807) is 26.0 Å². The lowest BCUT2D eigenvalue weighted by Gasteiger charge is -2.53. The third kappa shape index (κ3) is 5.99. The van der Waals surface area contributed by atoms with Crippen LogP contribution in [0.4, 0.5) is 0 Å². The molecule has 0 aromatic rings. The number of ether oxygens (including phenoxy) is 2. The van der Waals surface area contributed by atoms with Gasteiger partial charge in [0.2, 0.25) is 0 Å². The van der Waals surface area contributed by atoms with Crippen molar-refractivity contribution in [1.29, 1.82) is 0 Å². The molecule has 1 heterocycles. The number of hydrogen-bond donors (Lipinski definition) is 3. The zero-order chi connectivity index (χ0) is 34.2. The van der Waals surface area contributed by atoms with Crippen LogP contribution < -0.4 is 0 Å². The highest BCUT2D eigenvalue weighted by Gasteiger charge is 2.88. The Bertz CT molecular complexity index is 1360. The molecule has 9 nitrogen and oxygen atoms in total. The Morgan fingerprint density at radius 2 is 1.57 bits per heavy atom. The molecule has 0 aromatic carbocycles. The maximum absolute atomic E-state index is 13.6. The summed E-state index contributed by atoms with van der Waals surface area (Å²) in [7, 11) is 0. The third-order valence-electron chi connectivity index (χ3n) is 12.1. The number of fused-ring (bicyclic) bond motifs is 5. The predicted octanol–water partition coefficient (Wildman–Crippen LogP) is 5.70. The monoisotopic (exact) mass is 653 g/mol. The first kappa shape index (κ1) is 35.7. The standard InChI is InChI=1S/C38H55NO8/c1-6-7-8-9-10-11-12-13-14-15-16-17-30(41)47-38-31(35(38,4)5)27-21-26(23-40)22-36(44)29(20-24(2)32(36)42)37(27,45)25(3)33(38)46-34(43)28-18-19-39-28/h18-21,25,27,29,31,33,40,44-45H,6-17,22-23H2,1-5H3/t25-,27+,29-,31-,33-,36-,37-,38-/m1/s1. The van der Waals surface area contributed by atoms with Gasteiger partial charge in [0.25, 0.3) is 0 Å². The van der Waals surface area contributed by atoms with E-state index in [-0.39, 0.29) is 24.5 Å². The van der Waals surface area contributed by atoms with Crippen molar-refractivity contribution >= 4 is 23.4 Å².